The molecule has 0 atom stereocenters. The lowest BCUT2D eigenvalue weighted by molar-refractivity contribution is -0.0496. The van der Waals surface area contributed by atoms with Crippen LogP contribution < -0.4 is 10.1 Å². The highest BCUT2D eigenvalue weighted by Crippen LogP contribution is 2.45. The number of rotatable bonds is 2. The molecule has 2 fully saturated rings. The summed E-state index contributed by atoms with van der Waals surface area (Å²) in [6.07, 6.45) is 4.24. The Morgan fingerprint density at radius 2 is 2.25 bits per heavy atom. The molecule has 4 heteroatoms. The molecule has 1 spiro atoms. The first-order valence-corrected chi connectivity index (χ1v) is 5.53. The molecule has 2 aliphatic rings. The molecule has 0 unspecified atom stereocenters. The molecular weight excluding hydrogens is 202 g/mol. The first-order valence-electron chi connectivity index (χ1n) is 5.53. The van der Waals surface area contributed by atoms with Gasteiger partial charge >= 0.3 is 0 Å². The lowest BCUT2D eigenvalue weighted by Crippen LogP contribution is -2.62. The molecule has 1 saturated heterocycles. The van der Waals surface area contributed by atoms with Crippen LogP contribution in [0.1, 0.15) is 18.5 Å². The molecule has 1 aliphatic heterocycles. The van der Waals surface area contributed by atoms with E-state index in [1.54, 1.807) is 12.3 Å². The predicted octanol–water partition coefficient (Wildman–Crippen LogP) is 1.08. The van der Waals surface area contributed by atoms with E-state index in [-0.39, 0.29) is 0 Å². The highest BCUT2D eigenvalue weighted by molar-refractivity contribution is 5.27. The van der Waals surface area contributed by atoms with Gasteiger partial charge in [-0.3, -0.25) is 0 Å². The van der Waals surface area contributed by atoms with Gasteiger partial charge in [-0.15, -0.1) is 0 Å². The van der Waals surface area contributed by atoms with Gasteiger partial charge in [0, 0.05) is 18.5 Å². The first kappa shape index (κ1) is 9.61. The third-order valence-corrected chi connectivity index (χ3v) is 3.48. The summed E-state index contributed by atoms with van der Waals surface area (Å²) >= 11 is 0. The molecule has 1 aliphatic carbocycles. The van der Waals surface area contributed by atoms with E-state index in [0.29, 0.717) is 17.2 Å². The van der Waals surface area contributed by atoms with Gasteiger partial charge in [0.2, 0.25) is 0 Å². The van der Waals surface area contributed by atoms with Crippen molar-refractivity contribution in [1.29, 1.82) is 5.26 Å². The quantitative estimate of drug-likeness (QED) is 0.802. The Balaban J connectivity index is 1.57. The average molecular weight is 215 g/mol. The molecule has 1 aromatic heterocycles. The molecule has 0 aromatic carbocycles. The van der Waals surface area contributed by atoms with E-state index in [4.69, 9.17) is 10.00 Å². The van der Waals surface area contributed by atoms with Gasteiger partial charge in [-0.25, -0.2) is 4.98 Å². The second-order valence-electron chi connectivity index (χ2n) is 4.74. The van der Waals surface area contributed by atoms with Crippen molar-refractivity contribution in [2.24, 2.45) is 5.41 Å². The van der Waals surface area contributed by atoms with Crippen LogP contribution in [-0.2, 0) is 0 Å². The van der Waals surface area contributed by atoms with E-state index in [1.807, 2.05) is 12.1 Å². The number of aromatic nitrogens is 1. The fourth-order valence-corrected chi connectivity index (χ4v) is 2.47. The average Bonchev–Trinajstić information content (AvgIpc) is 2.21. The number of pyridine rings is 1. The molecule has 0 radical (unpaired) electrons. The zero-order valence-electron chi connectivity index (χ0n) is 8.94. The number of nitrogens with one attached hydrogen (secondary N) is 1. The number of hydrogen-bond donors (Lipinski definition) is 1. The van der Waals surface area contributed by atoms with Crippen molar-refractivity contribution in [3.05, 3.63) is 24.0 Å². The highest BCUT2D eigenvalue weighted by Gasteiger charge is 2.49. The van der Waals surface area contributed by atoms with Gasteiger partial charge in [0.25, 0.3) is 0 Å². The van der Waals surface area contributed by atoms with E-state index in [1.165, 1.54) is 0 Å². The summed E-state index contributed by atoms with van der Waals surface area (Å²) in [5.41, 5.74) is 0.964. The van der Waals surface area contributed by atoms with E-state index in [2.05, 4.69) is 10.3 Å². The lowest BCUT2D eigenvalue weighted by atomic mass is 9.63. The second kappa shape index (κ2) is 3.46. The third kappa shape index (κ3) is 1.54. The van der Waals surface area contributed by atoms with Gasteiger partial charge in [-0.2, -0.15) is 5.26 Å². The van der Waals surface area contributed by atoms with Crippen molar-refractivity contribution in [1.82, 2.24) is 10.3 Å². The molecule has 82 valence electrons. The summed E-state index contributed by atoms with van der Waals surface area (Å²) in [5.74, 6) is 0.770. The maximum absolute atomic E-state index is 8.62. The van der Waals surface area contributed by atoms with E-state index in [0.717, 1.165) is 31.7 Å². The van der Waals surface area contributed by atoms with Gasteiger partial charge in [-0.05, 0) is 25.0 Å². The molecule has 3 rings (SSSR count). The minimum Gasteiger partial charge on any atom is -0.489 e. The van der Waals surface area contributed by atoms with Crippen LogP contribution in [0.3, 0.4) is 0 Å². The molecule has 4 nitrogen and oxygen atoms in total. The molecular formula is C12H13N3O. The van der Waals surface area contributed by atoms with Crippen molar-refractivity contribution in [3.8, 4) is 11.8 Å². The van der Waals surface area contributed by atoms with Crippen LogP contribution in [0.5, 0.6) is 5.75 Å². The summed E-state index contributed by atoms with van der Waals surface area (Å²) in [7, 11) is 0. The second-order valence-corrected chi connectivity index (χ2v) is 4.74. The molecule has 2 heterocycles. The maximum atomic E-state index is 8.62. The first-order chi connectivity index (χ1) is 7.80. The van der Waals surface area contributed by atoms with Crippen LogP contribution in [0, 0.1) is 16.7 Å². The maximum Gasteiger partial charge on any atom is 0.140 e. The van der Waals surface area contributed by atoms with Crippen LogP contribution in [0.4, 0.5) is 0 Å². The van der Waals surface area contributed by atoms with Crippen molar-refractivity contribution >= 4 is 0 Å². The fraction of sp³-hybridized carbons (Fsp3) is 0.500. The van der Waals surface area contributed by atoms with Crippen LogP contribution in [0.25, 0.3) is 0 Å². The minimum atomic E-state index is 0.330. The highest BCUT2D eigenvalue weighted by atomic mass is 16.5. The summed E-state index contributed by atoms with van der Waals surface area (Å²) in [5, 5.41) is 11.9. The fourth-order valence-electron chi connectivity index (χ4n) is 2.47. The smallest absolute Gasteiger partial charge is 0.140 e. The SMILES string of the molecule is N#Cc1ccc(OC2CC3(CNC3)C2)cn1. The van der Waals surface area contributed by atoms with Crippen molar-refractivity contribution in [2.45, 2.75) is 18.9 Å². The Hall–Kier alpha value is -1.60. The molecule has 1 N–H and O–H groups in total. The van der Waals surface area contributed by atoms with Gasteiger partial charge in [0.1, 0.15) is 23.6 Å². The van der Waals surface area contributed by atoms with Crippen molar-refractivity contribution in [2.75, 3.05) is 13.1 Å². The van der Waals surface area contributed by atoms with Gasteiger partial charge in [-0.1, -0.05) is 0 Å². The number of ether oxygens (including phenoxy) is 1. The zero-order chi connectivity index (χ0) is 11.0. The summed E-state index contributed by atoms with van der Waals surface area (Å²) < 4.78 is 5.78. The summed E-state index contributed by atoms with van der Waals surface area (Å²) in [4.78, 5) is 3.98. The minimum absolute atomic E-state index is 0.330. The van der Waals surface area contributed by atoms with Gasteiger partial charge in [0.05, 0.1) is 6.20 Å². The standard InChI is InChI=1S/C12H13N3O/c13-5-9-1-2-10(6-15-9)16-11-3-12(4-11)7-14-8-12/h1-2,6,11,14H,3-4,7-8H2. The Kier molecular flexibility index (Phi) is 2.08. The van der Waals surface area contributed by atoms with Gasteiger partial charge < -0.3 is 10.1 Å². The monoisotopic (exact) mass is 215 g/mol. The lowest BCUT2D eigenvalue weighted by Gasteiger charge is -2.53. The zero-order valence-corrected chi connectivity index (χ0v) is 8.94. The summed E-state index contributed by atoms with van der Waals surface area (Å²) in [6, 6.07) is 5.50. The molecule has 1 saturated carbocycles. The van der Waals surface area contributed by atoms with Crippen molar-refractivity contribution < 1.29 is 4.74 Å². The number of hydrogen-bond acceptors (Lipinski definition) is 4. The molecule has 0 bridgehead atoms. The Morgan fingerprint density at radius 3 is 2.75 bits per heavy atom. The van der Waals surface area contributed by atoms with Crippen LogP contribution >= 0.6 is 0 Å². The predicted molar refractivity (Wildman–Crippen MR) is 57.9 cm³/mol. The molecule has 1 aromatic rings. The largest absolute Gasteiger partial charge is 0.489 e. The van der Waals surface area contributed by atoms with E-state index >= 15 is 0 Å². The van der Waals surface area contributed by atoms with Crippen LogP contribution in [0.15, 0.2) is 18.3 Å². The Bertz CT molecular complexity index is 423. The van der Waals surface area contributed by atoms with E-state index < -0.39 is 0 Å². The van der Waals surface area contributed by atoms with E-state index in [9.17, 15) is 0 Å². The van der Waals surface area contributed by atoms with Crippen LogP contribution in [0.2, 0.25) is 0 Å². The molecule has 16 heavy (non-hydrogen) atoms. The Morgan fingerprint density at radius 1 is 1.44 bits per heavy atom. The van der Waals surface area contributed by atoms with Gasteiger partial charge in [0.15, 0.2) is 0 Å². The molecule has 0 amide bonds. The normalized spacial score (nSPS) is 21.9. The van der Waals surface area contributed by atoms with Crippen molar-refractivity contribution in [3.63, 3.8) is 0 Å². The third-order valence-electron chi connectivity index (χ3n) is 3.48. The number of nitriles is 1. The summed E-state index contributed by atoms with van der Waals surface area (Å²) in [6.45, 7) is 2.27. The van der Waals surface area contributed by atoms with Crippen LogP contribution in [-0.4, -0.2) is 24.2 Å². The Labute approximate surface area is 94.2 Å². The number of nitrogens with zero attached hydrogens (tertiary/aromatic N) is 2. The topological polar surface area (TPSA) is 57.9 Å².